The quantitative estimate of drug-likeness (QED) is 0.0244. The summed E-state index contributed by atoms with van der Waals surface area (Å²) >= 11 is 4.71. The van der Waals surface area contributed by atoms with E-state index in [2.05, 4.69) is 110 Å². The highest BCUT2D eigenvalue weighted by Gasteiger charge is 2.15. The number of benzene rings is 4. The fourth-order valence-corrected chi connectivity index (χ4v) is 10.8. The third-order valence-electron chi connectivity index (χ3n) is 11.8. The van der Waals surface area contributed by atoms with Crippen molar-refractivity contribution in [1.82, 2.24) is 42.7 Å². The first kappa shape index (κ1) is 67.3. The first-order chi connectivity index (χ1) is 45.8. The smallest absolute Gasteiger partial charge is 0.411 e. The van der Waals surface area contributed by atoms with Gasteiger partial charge in [0.15, 0.2) is 48.3 Å². The van der Waals surface area contributed by atoms with Crippen LogP contribution in [0.2, 0.25) is 0 Å². The van der Waals surface area contributed by atoms with Gasteiger partial charge in [-0.25, -0.2) is 37.9 Å². The van der Waals surface area contributed by atoms with Crippen LogP contribution in [-0.2, 0) is 24.3 Å². The molecule has 0 aliphatic heterocycles. The summed E-state index contributed by atoms with van der Waals surface area (Å²) in [4.78, 5) is 61.2. The highest BCUT2D eigenvalue weighted by atomic mass is 32.2. The zero-order valence-electron chi connectivity index (χ0n) is 49.4. The number of hydrogen-bond donors (Lipinski definition) is 10. The van der Waals surface area contributed by atoms with Gasteiger partial charge in [0.1, 0.15) is 17.2 Å². The van der Waals surface area contributed by atoms with Gasteiger partial charge in [0.05, 0.1) is 85.6 Å². The highest BCUT2D eigenvalue weighted by Crippen LogP contribution is 2.40. The summed E-state index contributed by atoms with van der Waals surface area (Å²) in [5.74, 6) is -0.981. The molecular weight excluding hydrogens is 1330 g/mol. The number of nitrogens with one attached hydrogen (secondary N) is 6. The number of aromatic nitrogens is 8. The van der Waals surface area contributed by atoms with Crippen LogP contribution >= 0.6 is 46.1 Å². The Morgan fingerprint density at radius 2 is 0.874 bits per heavy atom. The molecule has 4 aromatic carbocycles. The van der Waals surface area contributed by atoms with Crippen molar-refractivity contribution in [3.8, 4) is 23.0 Å². The van der Waals surface area contributed by atoms with Gasteiger partial charge in [0, 0.05) is 38.8 Å². The number of sulfonamides is 1. The second kappa shape index (κ2) is 31.7. The number of hydrogen-bond acceptors (Lipinski definition) is 31. The van der Waals surface area contributed by atoms with Gasteiger partial charge in [-0.15, -0.1) is 40.9 Å². The van der Waals surface area contributed by atoms with E-state index in [9.17, 15) is 48.0 Å². The lowest BCUT2D eigenvalue weighted by molar-refractivity contribution is -0.114. The minimum Gasteiger partial charge on any atom is -0.506 e. The van der Waals surface area contributed by atoms with Crippen molar-refractivity contribution < 1.29 is 52.8 Å². The number of pyridine rings is 4. The minimum absolute atomic E-state index is 0.0415. The maximum absolute atomic E-state index is 11.5. The van der Waals surface area contributed by atoms with Crippen LogP contribution in [-0.4, -0.2) is 111 Å². The van der Waals surface area contributed by atoms with Crippen LogP contribution in [0.25, 0.3) is 44.1 Å². The second-order valence-corrected chi connectivity index (χ2v) is 23.4. The van der Waals surface area contributed by atoms with Gasteiger partial charge >= 0.3 is 12.1 Å². The average Bonchev–Trinajstić information content (AvgIpc) is 1.88. The largest absolute Gasteiger partial charge is 0.506 e. The number of azo groups is 4. The third-order valence-corrected chi connectivity index (χ3v) is 15.4. The van der Waals surface area contributed by atoms with Crippen LogP contribution in [0.5, 0.6) is 23.0 Å². The Morgan fingerprint density at radius 1 is 0.505 bits per heavy atom. The number of urea groups is 1. The molecule has 0 fully saturated rings. The van der Waals surface area contributed by atoms with E-state index < -0.39 is 22.1 Å². The maximum atomic E-state index is 11.5. The number of nitrogens with zero attached hydrogens (tertiary/aromatic N) is 16. The van der Waals surface area contributed by atoms with Crippen LogP contribution in [0.1, 0.15) is 13.8 Å². The van der Waals surface area contributed by atoms with Gasteiger partial charge in [-0.05, 0) is 168 Å². The highest BCUT2D eigenvalue weighted by molar-refractivity contribution is 7.92. The molecule has 0 bridgehead atoms. The zero-order chi connectivity index (χ0) is 67.4. The van der Waals surface area contributed by atoms with E-state index in [-0.39, 0.29) is 63.9 Å². The van der Waals surface area contributed by atoms with E-state index >= 15 is 0 Å². The second-order valence-electron chi connectivity index (χ2n) is 18.6. The molecule has 0 unspecified atom stereocenters. The molecule has 10 N–H and O–H groups in total. The summed E-state index contributed by atoms with van der Waals surface area (Å²) in [7, 11) is -2.02. The molecule has 0 radical (unpaired) electrons. The summed E-state index contributed by atoms with van der Waals surface area (Å²) < 4.78 is 46.2. The molecule has 95 heavy (non-hydrogen) atoms. The van der Waals surface area contributed by atoms with Crippen LogP contribution in [0.15, 0.2) is 181 Å². The van der Waals surface area contributed by atoms with Gasteiger partial charge in [0.25, 0.3) is 0 Å². The van der Waals surface area contributed by atoms with Crippen molar-refractivity contribution >= 4 is 196 Å². The number of carbonyl (C=O) groups excluding carboxylic acids is 4. The number of amides is 5. The molecule has 0 aliphatic carbocycles. The number of rotatable bonds is 16. The van der Waals surface area contributed by atoms with Crippen LogP contribution in [0.3, 0.4) is 0 Å². The molecule has 38 heteroatoms. The molecule has 0 atom stereocenters. The lowest BCUT2D eigenvalue weighted by Crippen LogP contribution is -2.24. The van der Waals surface area contributed by atoms with Crippen molar-refractivity contribution in [2.75, 3.05) is 45.9 Å². The van der Waals surface area contributed by atoms with Crippen LogP contribution < -0.4 is 31.3 Å². The summed E-state index contributed by atoms with van der Waals surface area (Å²) in [5.41, 5.74) is 4.78. The van der Waals surface area contributed by atoms with E-state index in [1.54, 1.807) is 62.0 Å². The number of aromatic hydroxyl groups is 4. The predicted molar refractivity (Wildman–Crippen MR) is 360 cm³/mol. The normalized spacial score (nSPS) is 11.2. The molecule has 8 aromatic heterocycles. The molecule has 12 aromatic rings. The van der Waals surface area contributed by atoms with E-state index in [4.69, 9.17) is 4.74 Å². The minimum atomic E-state index is -3.50. The van der Waals surface area contributed by atoms with Gasteiger partial charge in [-0.2, -0.15) is 17.5 Å². The van der Waals surface area contributed by atoms with Crippen molar-refractivity contribution in [3.05, 3.63) is 140 Å². The lowest BCUT2D eigenvalue weighted by Gasteiger charge is -2.10. The third kappa shape index (κ3) is 18.5. The summed E-state index contributed by atoms with van der Waals surface area (Å²) in [6.45, 7) is 3.23. The SMILES string of the molecule is CC(=O)Nc1cc(N=Nc2snc3ncccc23)cc(NC=O)c1O.CCOC(=O)Nc1cc(N=Nc2snc3ncccc23)ccc1O.CNC(=O)Nc1cc(N=Nc2snc3ncccc23)ccc1O.CS(=O)(=O)Nc1cc(N=Nc2snc3ncccc23)ccc1O. The molecule has 33 nitrogen and oxygen atoms in total. The topological polar surface area (TPSA) is 467 Å². The molecule has 0 saturated carbocycles. The standard InChI is InChI=1S/C15H12N6O3S.C15H13N5O3S.C14H12N6O2S.C13H11N5O3S2/c1-8(23)18-12-6-9(5-11(13(12)24)17-7-22)19-20-15-10-3-2-4-16-14(10)21-25-15;1-2-23-15(22)17-11-8-9(5-6-12(11)21)18-19-14-10-4-3-7-16-13(10)20-24-14;1-15-14(22)17-10-7-8(4-5-11(10)21)18-19-13-9-3-2-6-16-12(9)20-23-13;1-23(20,21)18-10-7-8(4-5-11(10)19)15-16-13-9-3-2-6-14-12(9)17-22-13/h2-7,24H,1H3,(H,17,22)(H,18,23);3-8,21H,2H2,1H3,(H,17,22);2-7,21H,1H3,(H2,15,17,22);2-7,18-19H,1H3. The number of phenols is 4. The zero-order valence-corrected chi connectivity index (χ0v) is 53.5. The van der Waals surface area contributed by atoms with Crippen molar-refractivity contribution in [2.24, 2.45) is 40.9 Å². The first-order valence-corrected chi connectivity index (χ1v) is 32.1. The Kier molecular flexibility index (Phi) is 22.5. The van der Waals surface area contributed by atoms with Gasteiger partial charge < -0.3 is 46.4 Å². The van der Waals surface area contributed by atoms with Crippen molar-refractivity contribution in [2.45, 2.75) is 13.8 Å². The molecule has 5 amide bonds. The van der Waals surface area contributed by atoms with E-state index in [0.29, 0.717) is 71.8 Å². The average molecular weight is 1380 g/mol. The van der Waals surface area contributed by atoms with Gasteiger partial charge in [-0.1, -0.05) is 0 Å². The Morgan fingerprint density at radius 3 is 1.25 bits per heavy atom. The Bertz CT molecular complexity index is 5020. The fraction of sp³-hybridized carbons (Fsp3) is 0.0877. The summed E-state index contributed by atoms with van der Waals surface area (Å²) in [5, 5.41) is 90.0. The van der Waals surface area contributed by atoms with E-state index in [0.717, 1.165) is 39.3 Å². The first-order valence-electron chi connectivity index (χ1n) is 27.1. The summed E-state index contributed by atoms with van der Waals surface area (Å²) in [6, 6.07) is 30.3. The number of carbonyl (C=O) groups is 4. The molecule has 0 aliphatic rings. The number of anilines is 5. The molecule has 12 rings (SSSR count). The molecule has 8 heterocycles. The van der Waals surface area contributed by atoms with Gasteiger partial charge in [-0.3, -0.25) is 19.6 Å². The maximum Gasteiger partial charge on any atom is 0.411 e. The Balaban J connectivity index is 0.000000149. The van der Waals surface area contributed by atoms with Gasteiger partial charge in [0.2, 0.25) is 22.3 Å². The number of phenolic OH excluding ortho intramolecular Hbond substituents is 4. The van der Waals surface area contributed by atoms with E-state index in [1.807, 2.05) is 30.3 Å². The van der Waals surface area contributed by atoms with Crippen LogP contribution in [0.4, 0.5) is 80.8 Å². The monoisotopic (exact) mass is 1380 g/mol. The number of fused-ring (bicyclic) bond motifs is 4. The summed E-state index contributed by atoms with van der Waals surface area (Å²) in [6.07, 6.45) is 7.37. The fourth-order valence-electron chi connectivity index (χ4n) is 7.63. The lowest BCUT2D eigenvalue weighted by atomic mass is 10.2. The molecule has 482 valence electrons. The molecular formula is C57H48N22O11S5. The van der Waals surface area contributed by atoms with Crippen molar-refractivity contribution in [1.29, 1.82) is 0 Å². The Labute approximate surface area is 552 Å². The predicted octanol–water partition coefficient (Wildman–Crippen LogP) is 14.5. The Hall–Kier alpha value is -12.1. The molecule has 0 saturated heterocycles. The van der Waals surface area contributed by atoms with E-state index in [1.165, 1.54) is 103 Å². The number of ether oxygens (including phenoxy) is 1. The molecule has 0 spiro atoms. The van der Waals surface area contributed by atoms with Crippen molar-refractivity contribution in [3.63, 3.8) is 0 Å². The van der Waals surface area contributed by atoms with Crippen LogP contribution in [0, 0.1) is 0 Å².